The quantitative estimate of drug-likeness (QED) is 0.501. The minimum Gasteiger partial charge on any atom is -0.502 e. The fraction of sp³-hybridized carbons (Fsp3) is 0. The highest BCUT2D eigenvalue weighted by atomic mass is 32.2. The minimum absolute atomic E-state index is 0.362. The van der Waals surface area contributed by atoms with Crippen LogP contribution in [0.5, 0.6) is 0 Å². The maximum Gasteiger partial charge on any atom is 0.371 e. The molecule has 0 aliphatic rings. The second-order valence-corrected chi connectivity index (χ2v) is 6.05. The number of carboxylic acids is 1. The molecule has 0 amide bonds. The summed E-state index contributed by atoms with van der Waals surface area (Å²) in [7, 11) is 0. The third kappa shape index (κ3) is 3.72. The summed E-state index contributed by atoms with van der Waals surface area (Å²) in [4.78, 5) is 23.2. The number of carbonyl (C=O) groups excluding carboxylic acids is 1. The molecule has 0 radical (unpaired) electrons. The van der Waals surface area contributed by atoms with E-state index >= 15 is 0 Å². The summed E-state index contributed by atoms with van der Waals surface area (Å²) in [6.07, 6.45) is 0.710. The van der Waals surface area contributed by atoms with E-state index < -0.39 is 17.5 Å². The van der Waals surface area contributed by atoms with Crippen molar-refractivity contribution in [2.45, 2.75) is 9.10 Å². The Balaban J connectivity index is 2.11. The van der Waals surface area contributed by atoms with Crippen molar-refractivity contribution in [3.8, 4) is 0 Å². The Labute approximate surface area is 123 Å². The summed E-state index contributed by atoms with van der Waals surface area (Å²) in [5, 5.41) is 19.2. The Morgan fingerprint density at radius 1 is 1.15 bits per heavy atom. The van der Waals surface area contributed by atoms with Crippen molar-refractivity contribution in [3.63, 3.8) is 0 Å². The molecule has 20 heavy (non-hydrogen) atoms. The first-order valence-electron chi connectivity index (χ1n) is 5.56. The largest absolute Gasteiger partial charge is 0.502 e. The molecule has 0 aliphatic carbocycles. The van der Waals surface area contributed by atoms with Crippen molar-refractivity contribution in [3.05, 3.63) is 59.2 Å². The molecular formula is C14H10O4S2. The lowest BCUT2D eigenvalue weighted by Crippen LogP contribution is -2.03. The molecule has 4 nitrogen and oxygen atoms in total. The summed E-state index contributed by atoms with van der Waals surface area (Å²) in [6, 6.07) is 11.4. The highest BCUT2D eigenvalue weighted by Gasteiger charge is 2.11. The van der Waals surface area contributed by atoms with E-state index in [9.17, 15) is 9.59 Å². The van der Waals surface area contributed by atoms with E-state index in [0.717, 1.165) is 9.10 Å². The zero-order valence-electron chi connectivity index (χ0n) is 10.1. The fourth-order valence-electron chi connectivity index (χ4n) is 1.37. The molecule has 0 atom stereocenters. The maximum absolute atomic E-state index is 11.7. The number of thiophene rings is 1. The Kier molecular flexibility index (Phi) is 4.60. The van der Waals surface area contributed by atoms with Crippen LogP contribution in [0.3, 0.4) is 0 Å². The van der Waals surface area contributed by atoms with Crippen LogP contribution in [0, 0.1) is 0 Å². The van der Waals surface area contributed by atoms with E-state index in [2.05, 4.69) is 0 Å². The van der Waals surface area contributed by atoms with E-state index in [4.69, 9.17) is 10.2 Å². The number of rotatable bonds is 5. The molecule has 102 valence electrons. The third-order valence-electron chi connectivity index (χ3n) is 2.31. The summed E-state index contributed by atoms with van der Waals surface area (Å²) in [5.74, 6) is -3.01. The number of allylic oxidation sites excluding steroid dienone is 1. The van der Waals surface area contributed by atoms with Crippen molar-refractivity contribution in [2.75, 3.05) is 0 Å². The van der Waals surface area contributed by atoms with Gasteiger partial charge in [0.15, 0.2) is 5.78 Å². The van der Waals surface area contributed by atoms with E-state index in [0.29, 0.717) is 11.6 Å². The molecule has 0 saturated carbocycles. The van der Waals surface area contributed by atoms with E-state index in [1.165, 1.54) is 23.1 Å². The van der Waals surface area contributed by atoms with Crippen molar-refractivity contribution in [2.24, 2.45) is 0 Å². The summed E-state index contributed by atoms with van der Waals surface area (Å²) in [6.45, 7) is 0. The van der Waals surface area contributed by atoms with Gasteiger partial charge >= 0.3 is 5.97 Å². The SMILES string of the molecule is O=C(O)/C(O)=C/C(=O)c1csc(Sc2ccccc2)c1. The Bertz CT molecular complexity index is 659. The molecule has 0 saturated heterocycles. The Morgan fingerprint density at radius 3 is 2.50 bits per heavy atom. The first kappa shape index (κ1) is 14.4. The summed E-state index contributed by atoms with van der Waals surface area (Å²) in [5.41, 5.74) is 0.362. The van der Waals surface area contributed by atoms with Gasteiger partial charge in [0.1, 0.15) is 0 Å². The van der Waals surface area contributed by atoms with Crippen LogP contribution in [0.4, 0.5) is 0 Å². The Hall–Kier alpha value is -2.05. The Morgan fingerprint density at radius 2 is 1.85 bits per heavy atom. The first-order valence-corrected chi connectivity index (χ1v) is 7.25. The molecule has 0 unspecified atom stereocenters. The number of aliphatic carboxylic acids is 1. The van der Waals surface area contributed by atoms with Crippen molar-refractivity contribution in [1.29, 1.82) is 0 Å². The molecule has 0 spiro atoms. The van der Waals surface area contributed by atoms with Gasteiger partial charge in [-0.3, -0.25) is 4.79 Å². The topological polar surface area (TPSA) is 74.6 Å². The molecule has 6 heteroatoms. The van der Waals surface area contributed by atoms with Gasteiger partial charge in [-0.2, -0.15) is 0 Å². The van der Waals surface area contributed by atoms with Crippen molar-refractivity contribution >= 4 is 34.9 Å². The van der Waals surface area contributed by atoms with E-state index in [1.54, 1.807) is 11.4 Å². The smallest absolute Gasteiger partial charge is 0.371 e. The number of carbonyl (C=O) groups is 2. The van der Waals surface area contributed by atoms with Crippen LogP contribution in [0.2, 0.25) is 0 Å². The molecule has 0 fully saturated rings. The second-order valence-electron chi connectivity index (χ2n) is 3.77. The molecular weight excluding hydrogens is 296 g/mol. The predicted molar refractivity (Wildman–Crippen MR) is 77.6 cm³/mol. The van der Waals surface area contributed by atoms with Gasteiger partial charge in [0, 0.05) is 21.9 Å². The van der Waals surface area contributed by atoms with E-state index in [-0.39, 0.29) is 0 Å². The minimum atomic E-state index is -1.52. The first-order chi connectivity index (χ1) is 9.56. The summed E-state index contributed by atoms with van der Waals surface area (Å²) < 4.78 is 0.919. The molecule has 1 aromatic carbocycles. The van der Waals surface area contributed by atoms with Crippen LogP contribution in [0.1, 0.15) is 10.4 Å². The average Bonchev–Trinajstić information content (AvgIpc) is 2.88. The van der Waals surface area contributed by atoms with Gasteiger partial charge in [0.2, 0.25) is 5.76 Å². The van der Waals surface area contributed by atoms with Gasteiger partial charge < -0.3 is 10.2 Å². The third-order valence-corrected chi connectivity index (χ3v) is 4.40. The number of hydrogen-bond donors (Lipinski definition) is 2. The predicted octanol–water partition coefficient (Wildman–Crippen LogP) is 3.61. The number of aliphatic hydroxyl groups is 1. The lowest BCUT2D eigenvalue weighted by molar-refractivity contribution is -0.135. The number of hydrogen-bond acceptors (Lipinski definition) is 5. The fourth-order valence-corrected chi connectivity index (χ4v) is 3.33. The normalized spacial score (nSPS) is 11.3. The van der Waals surface area contributed by atoms with Gasteiger partial charge in [-0.05, 0) is 18.2 Å². The van der Waals surface area contributed by atoms with Crippen LogP contribution < -0.4 is 0 Å². The highest BCUT2D eigenvalue weighted by molar-refractivity contribution is 8.01. The standard InChI is InChI=1S/C14H10O4S2/c15-11(7-12(16)14(17)18)9-6-13(19-8-9)20-10-4-2-1-3-5-10/h1-8,16H,(H,17,18)/b12-7-. The number of carboxylic acid groups (broad SMARTS) is 1. The summed E-state index contributed by atoms with van der Waals surface area (Å²) >= 11 is 2.91. The van der Waals surface area contributed by atoms with Gasteiger partial charge in [0.25, 0.3) is 0 Å². The molecule has 0 aliphatic heterocycles. The van der Waals surface area contributed by atoms with Crippen LogP contribution >= 0.6 is 23.1 Å². The molecule has 2 N–H and O–H groups in total. The lowest BCUT2D eigenvalue weighted by atomic mass is 10.2. The number of benzene rings is 1. The lowest BCUT2D eigenvalue weighted by Gasteiger charge is -1.96. The number of ketones is 1. The van der Waals surface area contributed by atoms with Crippen molar-refractivity contribution < 1.29 is 19.8 Å². The molecule has 1 aromatic heterocycles. The van der Waals surface area contributed by atoms with Gasteiger partial charge in [-0.25, -0.2) is 4.79 Å². The molecule has 1 heterocycles. The van der Waals surface area contributed by atoms with Crippen LogP contribution in [-0.4, -0.2) is 22.0 Å². The van der Waals surface area contributed by atoms with Gasteiger partial charge in [-0.1, -0.05) is 30.0 Å². The average molecular weight is 306 g/mol. The molecule has 2 aromatic rings. The maximum atomic E-state index is 11.7. The van der Waals surface area contributed by atoms with Gasteiger partial charge in [0.05, 0.1) is 4.21 Å². The van der Waals surface area contributed by atoms with Crippen molar-refractivity contribution in [1.82, 2.24) is 0 Å². The van der Waals surface area contributed by atoms with Crippen LogP contribution in [0.15, 0.2) is 62.7 Å². The zero-order valence-corrected chi connectivity index (χ0v) is 11.8. The van der Waals surface area contributed by atoms with Crippen LogP contribution in [0.25, 0.3) is 0 Å². The second kappa shape index (κ2) is 6.40. The van der Waals surface area contributed by atoms with Crippen LogP contribution in [-0.2, 0) is 4.79 Å². The van der Waals surface area contributed by atoms with E-state index in [1.807, 2.05) is 30.3 Å². The number of aliphatic hydroxyl groups excluding tert-OH is 1. The molecule has 0 bridgehead atoms. The molecule has 2 rings (SSSR count). The van der Waals surface area contributed by atoms with Gasteiger partial charge in [-0.15, -0.1) is 11.3 Å². The zero-order chi connectivity index (χ0) is 14.5. The monoisotopic (exact) mass is 306 g/mol. The highest BCUT2D eigenvalue weighted by Crippen LogP contribution is 2.32.